The molecule has 2 aromatic heterocycles. The lowest BCUT2D eigenvalue weighted by atomic mass is 9.87. The number of fused-ring (bicyclic) bond motifs is 14. The second-order valence-electron chi connectivity index (χ2n) is 13.7. The first-order valence-electron chi connectivity index (χ1n) is 17.4. The molecule has 3 nitrogen and oxygen atoms in total. The van der Waals surface area contributed by atoms with Crippen LogP contribution in [0.25, 0.3) is 109 Å². The third kappa shape index (κ3) is 4.06. The van der Waals surface area contributed by atoms with Crippen molar-refractivity contribution in [1.29, 1.82) is 0 Å². The van der Waals surface area contributed by atoms with Gasteiger partial charge in [-0.3, -0.25) is 0 Å². The molecule has 3 heteroatoms. The first-order chi connectivity index (χ1) is 25.1. The van der Waals surface area contributed by atoms with Crippen LogP contribution in [0.2, 0.25) is 0 Å². The van der Waals surface area contributed by atoms with Gasteiger partial charge in [0, 0.05) is 32.3 Å². The van der Waals surface area contributed by atoms with Crippen molar-refractivity contribution < 1.29 is 13.6 Å². The standard InChI is InChI=1S/C48H30O3/c1-27-11-13-28(14-12-27)39-23-30-25-42-31(26-41(30)45-35(39)19-21-37-33-7-3-5-9-43(33)50-47(37)45)24-40(29-15-17-32(49-2)18-16-29)36-20-22-38-34-8-4-6-10-44(34)51-48(38)46(36)42/h3-26H,1-2H3. The average molecular weight is 655 g/mol. The molecule has 0 aliphatic rings. The van der Waals surface area contributed by atoms with Crippen LogP contribution >= 0.6 is 0 Å². The van der Waals surface area contributed by atoms with Crippen LogP contribution in [0.15, 0.2) is 154 Å². The normalized spacial score (nSPS) is 12.1. The van der Waals surface area contributed by atoms with E-state index >= 15 is 0 Å². The van der Waals surface area contributed by atoms with Gasteiger partial charge in [0.2, 0.25) is 0 Å². The monoisotopic (exact) mass is 654 g/mol. The number of hydrogen-bond acceptors (Lipinski definition) is 3. The molecule has 0 aliphatic carbocycles. The smallest absolute Gasteiger partial charge is 0.143 e. The van der Waals surface area contributed by atoms with Crippen LogP contribution in [0.4, 0.5) is 0 Å². The van der Waals surface area contributed by atoms with Crippen molar-refractivity contribution >= 4 is 87.0 Å². The predicted octanol–water partition coefficient (Wildman–Crippen LogP) is 13.7. The van der Waals surface area contributed by atoms with Crippen LogP contribution in [0, 0.1) is 6.92 Å². The Kier molecular flexibility index (Phi) is 5.80. The van der Waals surface area contributed by atoms with Crippen LogP contribution < -0.4 is 4.74 Å². The van der Waals surface area contributed by atoms with Gasteiger partial charge in [0.15, 0.2) is 0 Å². The zero-order valence-corrected chi connectivity index (χ0v) is 28.1. The highest BCUT2D eigenvalue weighted by Crippen LogP contribution is 2.46. The zero-order valence-electron chi connectivity index (χ0n) is 28.1. The fourth-order valence-corrected chi connectivity index (χ4v) is 8.31. The number of aryl methyl sites for hydroxylation is 1. The largest absolute Gasteiger partial charge is 0.497 e. The van der Waals surface area contributed by atoms with Crippen molar-refractivity contribution in [3.8, 4) is 28.0 Å². The van der Waals surface area contributed by atoms with E-state index in [0.29, 0.717) is 0 Å². The van der Waals surface area contributed by atoms with Gasteiger partial charge in [0.25, 0.3) is 0 Å². The maximum absolute atomic E-state index is 6.75. The fourth-order valence-electron chi connectivity index (χ4n) is 8.31. The molecule has 0 radical (unpaired) electrons. The molecule has 0 aliphatic heterocycles. The maximum atomic E-state index is 6.75. The van der Waals surface area contributed by atoms with Crippen LogP contribution in [0.5, 0.6) is 5.75 Å². The number of para-hydroxylation sites is 2. The van der Waals surface area contributed by atoms with Crippen LogP contribution in [-0.4, -0.2) is 7.11 Å². The number of hydrogen-bond donors (Lipinski definition) is 0. The van der Waals surface area contributed by atoms with Gasteiger partial charge in [-0.05, 0) is 122 Å². The molecule has 9 aromatic carbocycles. The molecular formula is C48H30O3. The number of rotatable bonds is 3. The van der Waals surface area contributed by atoms with Gasteiger partial charge < -0.3 is 13.6 Å². The molecule has 0 amide bonds. The first-order valence-corrected chi connectivity index (χ1v) is 17.4. The average Bonchev–Trinajstić information content (AvgIpc) is 3.75. The van der Waals surface area contributed by atoms with E-state index in [1.54, 1.807) is 7.11 Å². The van der Waals surface area contributed by atoms with Crippen molar-refractivity contribution in [2.45, 2.75) is 6.92 Å². The van der Waals surface area contributed by atoms with Crippen molar-refractivity contribution in [1.82, 2.24) is 0 Å². The molecule has 11 rings (SSSR count). The van der Waals surface area contributed by atoms with Crippen molar-refractivity contribution in [2.24, 2.45) is 0 Å². The molecule has 0 atom stereocenters. The number of ether oxygens (including phenoxy) is 1. The maximum Gasteiger partial charge on any atom is 0.143 e. The molecular weight excluding hydrogens is 625 g/mol. The van der Waals surface area contributed by atoms with Gasteiger partial charge in [-0.2, -0.15) is 0 Å². The third-order valence-corrected chi connectivity index (χ3v) is 10.8. The van der Waals surface area contributed by atoms with Gasteiger partial charge in [0.05, 0.1) is 7.11 Å². The predicted molar refractivity (Wildman–Crippen MR) is 213 cm³/mol. The lowest BCUT2D eigenvalue weighted by Gasteiger charge is -2.16. The summed E-state index contributed by atoms with van der Waals surface area (Å²) in [6.45, 7) is 2.14. The first kappa shape index (κ1) is 28.3. The van der Waals surface area contributed by atoms with Gasteiger partial charge in [0.1, 0.15) is 28.1 Å². The Morgan fingerprint density at radius 2 is 0.863 bits per heavy atom. The molecule has 2 heterocycles. The summed E-state index contributed by atoms with van der Waals surface area (Å²) < 4.78 is 19.0. The minimum absolute atomic E-state index is 0.834. The molecule has 11 aromatic rings. The topological polar surface area (TPSA) is 35.5 Å². The summed E-state index contributed by atoms with van der Waals surface area (Å²) >= 11 is 0. The van der Waals surface area contributed by atoms with E-state index in [1.807, 2.05) is 24.3 Å². The molecule has 0 spiro atoms. The summed E-state index contributed by atoms with van der Waals surface area (Å²) in [5.74, 6) is 0.834. The van der Waals surface area contributed by atoms with Gasteiger partial charge in [-0.15, -0.1) is 0 Å². The van der Waals surface area contributed by atoms with Crippen molar-refractivity contribution in [2.75, 3.05) is 7.11 Å². The van der Waals surface area contributed by atoms with E-state index in [2.05, 4.69) is 128 Å². The molecule has 51 heavy (non-hydrogen) atoms. The Balaban J connectivity index is 1.34. The lowest BCUT2D eigenvalue weighted by Crippen LogP contribution is -1.89. The summed E-state index contributed by atoms with van der Waals surface area (Å²) in [5.41, 5.74) is 9.50. The van der Waals surface area contributed by atoms with Gasteiger partial charge in [-0.25, -0.2) is 0 Å². The highest BCUT2D eigenvalue weighted by Gasteiger charge is 2.20. The zero-order chi connectivity index (χ0) is 33.8. The molecule has 0 bridgehead atoms. The second kappa shape index (κ2) is 10.5. The van der Waals surface area contributed by atoms with E-state index in [1.165, 1.54) is 22.1 Å². The van der Waals surface area contributed by atoms with Crippen LogP contribution in [0.3, 0.4) is 0 Å². The summed E-state index contributed by atoms with van der Waals surface area (Å²) in [6.07, 6.45) is 0. The Morgan fingerprint density at radius 3 is 1.35 bits per heavy atom. The Bertz CT molecular complexity index is 3210. The number of furan rings is 2. The summed E-state index contributed by atoms with van der Waals surface area (Å²) in [7, 11) is 1.71. The number of methoxy groups -OCH3 is 1. The summed E-state index contributed by atoms with van der Waals surface area (Å²) in [5, 5.41) is 13.7. The van der Waals surface area contributed by atoms with Gasteiger partial charge >= 0.3 is 0 Å². The lowest BCUT2D eigenvalue weighted by molar-refractivity contribution is 0.415. The van der Waals surface area contributed by atoms with Crippen LogP contribution in [0.1, 0.15) is 5.56 Å². The molecule has 0 fully saturated rings. The summed E-state index contributed by atoms with van der Waals surface area (Å²) in [6, 6.07) is 52.3. The number of benzene rings is 9. The summed E-state index contributed by atoms with van der Waals surface area (Å²) in [4.78, 5) is 0. The van der Waals surface area contributed by atoms with E-state index in [4.69, 9.17) is 13.6 Å². The molecule has 0 N–H and O–H groups in total. The minimum atomic E-state index is 0.834. The minimum Gasteiger partial charge on any atom is -0.497 e. The van der Waals surface area contributed by atoms with Crippen LogP contribution in [-0.2, 0) is 0 Å². The Morgan fingerprint density at radius 1 is 0.412 bits per heavy atom. The second-order valence-corrected chi connectivity index (χ2v) is 13.7. The SMILES string of the molecule is COc1ccc(-c2cc3cc4c(cc(-c5ccc(C)cc5)c5ccc6c7ccccc7oc6c54)cc3c3c2ccc2c4ccccc4oc23)cc1. The molecule has 0 unspecified atom stereocenters. The van der Waals surface area contributed by atoms with E-state index in [-0.39, 0.29) is 0 Å². The molecule has 240 valence electrons. The Hall–Kier alpha value is -6.58. The van der Waals surface area contributed by atoms with E-state index in [9.17, 15) is 0 Å². The quantitative estimate of drug-likeness (QED) is 0.140. The van der Waals surface area contributed by atoms with E-state index in [0.717, 1.165) is 98.5 Å². The fraction of sp³-hybridized carbons (Fsp3) is 0.0417. The van der Waals surface area contributed by atoms with E-state index < -0.39 is 0 Å². The Labute approximate surface area is 292 Å². The highest BCUT2D eigenvalue weighted by atomic mass is 16.5. The van der Waals surface area contributed by atoms with Crippen molar-refractivity contribution in [3.63, 3.8) is 0 Å². The molecule has 0 saturated carbocycles. The molecule has 0 saturated heterocycles. The third-order valence-electron chi connectivity index (χ3n) is 10.8. The van der Waals surface area contributed by atoms with Gasteiger partial charge in [-0.1, -0.05) is 90.5 Å². The van der Waals surface area contributed by atoms with Crippen molar-refractivity contribution in [3.05, 3.63) is 151 Å². The highest BCUT2D eigenvalue weighted by molar-refractivity contribution is 6.31.